The monoisotopic (exact) mass is 331 g/mol. The summed E-state index contributed by atoms with van der Waals surface area (Å²) in [6, 6.07) is 11.9. The Balaban J connectivity index is 0.00000192. The lowest BCUT2D eigenvalue weighted by atomic mass is 10.1. The Hall–Kier alpha value is -1.91. The molecule has 1 saturated heterocycles. The van der Waals surface area contributed by atoms with Crippen LogP contribution in [0.4, 0.5) is 0 Å². The predicted molar refractivity (Wildman–Crippen MR) is 93.8 cm³/mol. The number of nitrogens with zero attached hydrogens (tertiary/aromatic N) is 3. The number of aryl methyl sites for hydroxylation is 1. The quantitative estimate of drug-likeness (QED) is 0.867. The number of hydrogen-bond donors (Lipinski definition) is 0. The highest BCUT2D eigenvalue weighted by molar-refractivity contribution is 5.94. The van der Waals surface area contributed by atoms with Gasteiger partial charge in [-0.2, -0.15) is 0 Å². The molecule has 2 aromatic rings. The van der Waals surface area contributed by atoms with Crippen molar-refractivity contribution in [3.63, 3.8) is 0 Å². The summed E-state index contributed by atoms with van der Waals surface area (Å²) in [5.41, 5.74) is 3.19. The third-order valence-corrected chi connectivity index (χ3v) is 4.08. The fourth-order valence-electron chi connectivity index (χ4n) is 2.82. The van der Waals surface area contributed by atoms with Gasteiger partial charge in [0, 0.05) is 50.7 Å². The lowest BCUT2D eigenvalue weighted by molar-refractivity contribution is 0.0628. The summed E-state index contributed by atoms with van der Waals surface area (Å²) in [6.07, 6.45) is 3.65. The Morgan fingerprint density at radius 1 is 1.09 bits per heavy atom. The summed E-state index contributed by atoms with van der Waals surface area (Å²) in [4.78, 5) is 20.9. The summed E-state index contributed by atoms with van der Waals surface area (Å²) in [7, 11) is 0. The summed E-state index contributed by atoms with van der Waals surface area (Å²) in [6.45, 7) is 6.36. The molecule has 4 nitrogen and oxygen atoms in total. The smallest absolute Gasteiger partial charge is 0.253 e. The zero-order valence-corrected chi connectivity index (χ0v) is 14.1. The summed E-state index contributed by atoms with van der Waals surface area (Å²) in [5.74, 6) is 0.146. The normalized spacial score (nSPS) is 15.1. The maximum Gasteiger partial charge on any atom is 0.253 e. The van der Waals surface area contributed by atoms with Gasteiger partial charge in [-0.25, -0.2) is 0 Å². The van der Waals surface area contributed by atoms with Gasteiger partial charge in [0.2, 0.25) is 0 Å². The van der Waals surface area contributed by atoms with Crippen LogP contribution in [0.5, 0.6) is 0 Å². The molecule has 0 spiro atoms. The van der Waals surface area contributed by atoms with Crippen molar-refractivity contribution in [3.8, 4) is 0 Å². The lowest BCUT2D eigenvalue weighted by Gasteiger charge is -2.34. The van der Waals surface area contributed by atoms with E-state index in [2.05, 4.69) is 9.88 Å². The molecule has 1 aliphatic rings. The van der Waals surface area contributed by atoms with E-state index in [1.165, 1.54) is 5.56 Å². The van der Waals surface area contributed by atoms with E-state index < -0.39 is 0 Å². The Bertz CT molecular complexity index is 640. The first kappa shape index (κ1) is 17.4. The Labute approximate surface area is 143 Å². The van der Waals surface area contributed by atoms with Gasteiger partial charge in [0.15, 0.2) is 0 Å². The number of amides is 1. The van der Waals surface area contributed by atoms with E-state index in [-0.39, 0.29) is 18.3 Å². The number of halogens is 1. The Kier molecular flexibility index (Phi) is 6.13. The topological polar surface area (TPSA) is 36.4 Å². The van der Waals surface area contributed by atoms with Crippen molar-refractivity contribution in [3.05, 3.63) is 65.5 Å². The number of hydrogen-bond acceptors (Lipinski definition) is 3. The van der Waals surface area contributed by atoms with E-state index in [1.807, 2.05) is 60.6 Å². The zero-order chi connectivity index (χ0) is 15.4. The van der Waals surface area contributed by atoms with Crippen molar-refractivity contribution in [2.24, 2.45) is 0 Å². The third-order valence-electron chi connectivity index (χ3n) is 4.08. The molecule has 0 bridgehead atoms. The minimum Gasteiger partial charge on any atom is -0.336 e. The van der Waals surface area contributed by atoms with Crippen LogP contribution < -0.4 is 0 Å². The number of rotatable bonds is 3. The molecule has 1 fully saturated rings. The molecule has 5 heteroatoms. The lowest BCUT2D eigenvalue weighted by Crippen LogP contribution is -2.48. The van der Waals surface area contributed by atoms with Gasteiger partial charge in [0.1, 0.15) is 0 Å². The molecule has 0 N–H and O–H groups in total. The molecule has 1 aromatic heterocycles. The number of piperazine rings is 1. The highest BCUT2D eigenvalue weighted by Crippen LogP contribution is 2.12. The first-order valence-corrected chi connectivity index (χ1v) is 7.69. The van der Waals surface area contributed by atoms with Crippen LogP contribution >= 0.6 is 12.4 Å². The van der Waals surface area contributed by atoms with Gasteiger partial charge >= 0.3 is 0 Å². The average molecular weight is 332 g/mol. The molecule has 0 aliphatic carbocycles. The first-order valence-electron chi connectivity index (χ1n) is 7.69. The molecule has 23 heavy (non-hydrogen) atoms. The van der Waals surface area contributed by atoms with Crippen LogP contribution in [-0.4, -0.2) is 46.9 Å². The number of pyridine rings is 1. The molecule has 2 heterocycles. The van der Waals surface area contributed by atoms with Gasteiger partial charge in [0.25, 0.3) is 5.91 Å². The predicted octanol–water partition coefficient (Wildman–Crippen LogP) is 2.77. The molecule has 0 radical (unpaired) electrons. The van der Waals surface area contributed by atoms with E-state index in [4.69, 9.17) is 0 Å². The molecular formula is C18H22ClN3O. The van der Waals surface area contributed by atoms with E-state index in [0.29, 0.717) is 0 Å². The SMILES string of the molecule is Cc1cccc(C(=O)N2CCN(Cc3ccncc3)CC2)c1.Cl. The Morgan fingerprint density at radius 3 is 2.43 bits per heavy atom. The van der Waals surface area contributed by atoms with Crippen LogP contribution in [0.3, 0.4) is 0 Å². The highest BCUT2D eigenvalue weighted by atomic mass is 35.5. The number of carbonyl (C=O) groups is 1. The molecular weight excluding hydrogens is 310 g/mol. The Morgan fingerprint density at radius 2 is 1.78 bits per heavy atom. The fourth-order valence-corrected chi connectivity index (χ4v) is 2.82. The van der Waals surface area contributed by atoms with Crippen molar-refractivity contribution >= 4 is 18.3 Å². The van der Waals surface area contributed by atoms with E-state index in [9.17, 15) is 4.79 Å². The molecule has 1 aromatic carbocycles. The van der Waals surface area contributed by atoms with E-state index in [1.54, 1.807) is 0 Å². The number of carbonyl (C=O) groups excluding carboxylic acids is 1. The average Bonchev–Trinajstić information content (AvgIpc) is 2.56. The van der Waals surface area contributed by atoms with Gasteiger partial charge < -0.3 is 4.90 Å². The second-order valence-electron chi connectivity index (χ2n) is 5.79. The van der Waals surface area contributed by atoms with E-state index in [0.717, 1.165) is 43.9 Å². The second kappa shape index (κ2) is 8.09. The number of benzene rings is 1. The van der Waals surface area contributed by atoms with Crippen LogP contribution in [0.1, 0.15) is 21.5 Å². The first-order chi connectivity index (χ1) is 10.7. The van der Waals surface area contributed by atoms with Gasteiger partial charge in [-0.1, -0.05) is 17.7 Å². The largest absolute Gasteiger partial charge is 0.336 e. The summed E-state index contributed by atoms with van der Waals surface area (Å²) >= 11 is 0. The van der Waals surface area contributed by atoms with Crippen LogP contribution in [0.2, 0.25) is 0 Å². The molecule has 0 unspecified atom stereocenters. The summed E-state index contributed by atoms with van der Waals surface area (Å²) < 4.78 is 0. The van der Waals surface area contributed by atoms with Crippen molar-refractivity contribution < 1.29 is 4.79 Å². The molecule has 122 valence electrons. The van der Waals surface area contributed by atoms with Gasteiger partial charge in [-0.05, 0) is 36.8 Å². The third kappa shape index (κ3) is 4.53. The van der Waals surface area contributed by atoms with Crippen molar-refractivity contribution in [2.45, 2.75) is 13.5 Å². The van der Waals surface area contributed by atoms with Crippen LogP contribution in [0, 0.1) is 6.92 Å². The van der Waals surface area contributed by atoms with Gasteiger partial charge in [0.05, 0.1) is 0 Å². The maximum absolute atomic E-state index is 12.5. The fraction of sp³-hybridized carbons (Fsp3) is 0.333. The minimum atomic E-state index is 0. The van der Waals surface area contributed by atoms with Gasteiger partial charge in [-0.15, -0.1) is 12.4 Å². The highest BCUT2D eigenvalue weighted by Gasteiger charge is 2.22. The maximum atomic E-state index is 12.5. The van der Waals surface area contributed by atoms with Crippen molar-refractivity contribution in [1.29, 1.82) is 0 Å². The summed E-state index contributed by atoms with van der Waals surface area (Å²) in [5, 5.41) is 0. The van der Waals surface area contributed by atoms with Crippen molar-refractivity contribution in [2.75, 3.05) is 26.2 Å². The second-order valence-corrected chi connectivity index (χ2v) is 5.79. The van der Waals surface area contributed by atoms with Gasteiger partial charge in [-0.3, -0.25) is 14.7 Å². The number of aromatic nitrogens is 1. The molecule has 0 saturated carbocycles. The van der Waals surface area contributed by atoms with Crippen molar-refractivity contribution in [1.82, 2.24) is 14.8 Å². The van der Waals surface area contributed by atoms with Crippen LogP contribution in [0.15, 0.2) is 48.8 Å². The minimum absolute atomic E-state index is 0. The molecule has 3 rings (SSSR count). The zero-order valence-electron chi connectivity index (χ0n) is 13.3. The van der Waals surface area contributed by atoms with E-state index >= 15 is 0 Å². The molecule has 1 amide bonds. The molecule has 0 atom stereocenters. The van der Waals surface area contributed by atoms with Crippen LogP contribution in [0.25, 0.3) is 0 Å². The standard InChI is InChI=1S/C18H21N3O.ClH/c1-15-3-2-4-17(13-15)18(22)21-11-9-20(10-12-21)14-16-5-7-19-8-6-16;/h2-8,13H,9-12,14H2,1H3;1H. The molecule has 1 aliphatic heterocycles. The van der Waals surface area contributed by atoms with Crippen LogP contribution in [-0.2, 0) is 6.54 Å².